The highest BCUT2D eigenvalue weighted by Gasteiger charge is 2.22. The summed E-state index contributed by atoms with van der Waals surface area (Å²) >= 11 is 0. The molecule has 0 spiro atoms. The maximum atomic E-state index is 4.05. The highest BCUT2D eigenvalue weighted by atomic mass is 14.9. The van der Waals surface area contributed by atoms with Crippen LogP contribution in [0.3, 0.4) is 0 Å². The number of hydrogen-bond acceptors (Lipinski definition) is 2. The highest BCUT2D eigenvalue weighted by molar-refractivity contribution is 5.62. The Kier molecular flexibility index (Phi) is 3.53. The molecule has 2 atom stereocenters. The van der Waals surface area contributed by atoms with Crippen LogP contribution in [0.2, 0.25) is 0 Å². The standard InChI is InChI=1S/C16H21N3/c1-2-12-3-6-15(9-12)19-14-7-4-13(5-8-14)16-10-17-11-18-16/h4-5,7-8,10-12,15,19H,2-3,6,9H2,1H3,(H,17,18). The third kappa shape index (κ3) is 2.80. The van der Waals surface area contributed by atoms with Gasteiger partial charge >= 0.3 is 0 Å². The van der Waals surface area contributed by atoms with Crippen molar-refractivity contribution in [2.45, 2.75) is 38.6 Å². The van der Waals surface area contributed by atoms with Crippen LogP contribution in [0.1, 0.15) is 32.6 Å². The fourth-order valence-corrected chi connectivity index (χ4v) is 2.97. The molecule has 1 fully saturated rings. The molecule has 1 aliphatic rings. The van der Waals surface area contributed by atoms with Gasteiger partial charge in [0, 0.05) is 11.7 Å². The molecule has 0 saturated heterocycles. The molecule has 3 nitrogen and oxygen atoms in total. The lowest BCUT2D eigenvalue weighted by Gasteiger charge is -2.14. The average molecular weight is 255 g/mol. The first-order chi connectivity index (χ1) is 9.35. The predicted octanol–water partition coefficient (Wildman–Crippen LogP) is 4.07. The molecule has 3 rings (SSSR count). The lowest BCUT2D eigenvalue weighted by molar-refractivity contribution is 0.525. The van der Waals surface area contributed by atoms with E-state index in [0.717, 1.165) is 11.6 Å². The number of H-pyrrole nitrogens is 1. The molecule has 0 bridgehead atoms. The summed E-state index contributed by atoms with van der Waals surface area (Å²) in [5.74, 6) is 0.918. The summed E-state index contributed by atoms with van der Waals surface area (Å²) in [5.41, 5.74) is 3.48. The van der Waals surface area contributed by atoms with Crippen molar-refractivity contribution in [2.75, 3.05) is 5.32 Å². The number of anilines is 1. The number of aromatic nitrogens is 2. The quantitative estimate of drug-likeness (QED) is 0.864. The Balaban J connectivity index is 1.63. The largest absolute Gasteiger partial charge is 0.382 e. The van der Waals surface area contributed by atoms with Gasteiger partial charge in [0.2, 0.25) is 0 Å². The van der Waals surface area contributed by atoms with Gasteiger partial charge in [-0.1, -0.05) is 25.5 Å². The van der Waals surface area contributed by atoms with Crippen molar-refractivity contribution in [3.63, 3.8) is 0 Å². The molecular weight excluding hydrogens is 234 g/mol. The second-order valence-electron chi connectivity index (χ2n) is 5.47. The van der Waals surface area contributed by atoms with Gasteiger partial charge in [0.05, 0.1) is 18.2 Å². The van der Waals surface area contributed by atoms with Gasteiger partial charge in [-0.05, 0) is 42.9 Å². The molecule has 2 N–H and O–H groups in total. The van der Waals surface area contributed by atoms with Gasteiger partial charge in [-0.15, -0.1) is 0 Å². The zero-order valence-corrected chi connectivity index (χ0v) is 11.4. The van der Waals surface area contributed by atoms with E-state index in [4.69, 9.17) is 0 Å². The molecule has 1 heterocycles. The molecule has 1 aromatic heterocycles. The zero-order chi connectivity index (χ0) is 13.1. The number of hydrogen-bond donors (Lipinski definition) is 2. The number of nitrogens with one attached hydrogen (secondary N) is 2. The maximum Gasteiger partial charge on any atom is 0.0924 e. The van der Waals surface area contributed by atoms with E-state index >= 15 is 0 Å². The first-order valence-electron chi connectivity index (χ1n) is 7.20. The van der Waals surface area contributed by atoms with Crippen molar-refractivity contribution in [1.29, 1.82) is 0 Å². The van der Waals surface area contributed by atoms with Crippen LogP contribution in [-0.4, -0.2) is 16.0 Å². The fraction of sp³-hybridized carbons (Fsp3) is 0.438. The Morgan fingerprint density at radius 2 is 2.11 bits per heavy atom. The third-order valence-corrected chi connectivity index (χ3v) is 4.18. The molecule has 0 radical (unpaired) electrons. The average Bonchev–Trinajstić information content (AvgIpc) is 3.10. The topological polar surface area (TPSA) is 40.7 Å². The highest BCUT2D eigenvalue weighted by Crippen LogP contribution is 2.30. The summed E-state index contributed by atoms with van der Waals surface area (Å²) in [6.07, 6.45) is 8.88. The van der Waals surface area contributed by atoms with Crippen LogP contribution in [0.4, 0.5) is 5.69 Å². The van der Waals surface area contributed by atoms with Crippen molar-refractivity contribution in [3.8, 4) is 11.3 Å². The van der Waals surface area contributed by atoms with Crippen molar-refractivity contribution < 1.29 is 0 Å². The van der Waals surface area contributed by atoms with Crippen LogP contribution in [-0.2, 0) is 0 Å². The van der Waals surface area contributed by atoms with Crippen molar-refractivity contribution in [2.24, 2.45) is 5.92 Å². The molecule has 1 aromatic carbocycles. The molecular formula is C16H21N3. The van der Waals surface area contributed by atoms with Gasteiger partial charge in [0.15, 0.2) is 0 Å². The monoisotopic (exact) mass is 255 g/mol. The summed E-state index contributed by atoms with van der Waals surface area (Å²) < 4.78 is 0. The maximum absolute atomic E-state index is 4.05. The summed E-state index contributed by atoms with van der Waals surface area (Å²) in [7, 11) is 0. The molecule has 100 valence electrons. The Bertz CT molecular complexity index is 501. The van der Waals surface area contributed by atoms with Crippen LogP contribution in [0.25, 0.3) is 11.3 Å². The van der Waals surface area contributed by atoms with Gasteiger partial charge in [-0.3, -0.25) is 0 Å². The number of aromatic amines is 1. The summed E-state index contributed by atoms with van der Waals surface area (Å²) in [4.78, 5) is 7.18. The second kappa shape index (κ2) is 5.47. The summed E-state index contributed by atoms with van der Waals surface area (Å²) in [6.45, 7) is 2.30. The smallest absolute Gasteiger partial charge is 0.0924 e. The van der Waals surface area contributed by atoms with E-state index in [-0.39, 0.29) is 0 Å². The van der Waals surface area contributed by atoms with Crippen LogP contribution in [0.5, 0.6) is 0 Å². The molecule has 19 heavy (non-hydrogen) atoms. The number of nitrogens with zero attached hydrogens (tertiary/aromatic N) is 1. The number of benzene rings is 1. The van der Waals surface area contributed by atoms with E-state index in [0.29, 0.717) is 6.04 Å². The molecule has 2 unspecified atom stereocenters. The Morgan fingerprint density at radius 3 is 2.74 bits per heavy atom. The predicted molar refractivity (Wildman–Crippen MR) is 79.1 cm³/mol. The molecule has 3 heteroatoms. The zero-order valence-electron chi connectivity index (χ0n) is 11.4. The summed E-state index contributed by atoms with van der Waals surface area (Å²) in [5, 5.41) is 3.65. The number of imidazole rings is 1. The Morgan fingerprint density at radius 1 is 1.26 bits per heavy atom. The SMILES string of the molecule is CCC1CCC(Nc2ccc(-c3cnc[nH]3)cc2)C1. The lowest BCUT2D eigenvalue weighted by Crippen LogP contribution is -2.15. The van der Waals surface area contributed by atoms with Crippen molar-refractivity contribution in [1.82, 2.24) is 9.97 Å². The van der Waals surface area contributed by atoms with Crippen LogP contribution in [0, 0.1) is 5.92 Å². The number of rotatable bonds is 4. The minimum absolute atomic E-state index is 0.656. The minimum Gasteiger partial charge on any atom is -0.382 e. The first kappa shape index (κ1) is 12.3. The molecule has 0 aliphatic heterocycles. The van der Waals surface area contributed by atoms with Gasteiger partial charge in [0.1, 0.15) is 0 Å². The molecule has 1 saturated carbocycles. The van der Waals surface area contributed by atoms with Gasteiger partial charge in [-0.25, -0.2) is 4.98 Å². The first-order valence-corrected chi connectivity index (χ1v) is 7.20. The Labute approximate surface area is 114 Å². The molecule has 2 aromatic rings. The fourth-order valence-electron chi connectivity index (χ4n) is 2.97. The summed E-state index contributed by atoms with van der Waals surface area (Å²) in [6, 6.07) is 9.26. The third-order valence-electron chi connectivity index (χ3n) is 4.18. The lowest BCUT2D eigenvalue weighted by atomic mass is 10.1. The Hall–Kier alpha value is -1.77. The van der Waals surface area contributed by atoms with Crippen LogP contribution >= 0.6 is 0 Å². The van der Waals surface area contributed by atoms with Crippen LogP contribution in [0.15, 0.2) is 36.8 Å². The van der Waals surface area contributed by atoms with E-state index < -0.39 is 0 Å². The molecule has 0 amide bonds. The van der Waals surface area contributed by atoms with E-state index in [1.807, 2.05) is 6.20 Å². The van der Waals surface area contributed by atoms with E-state index in [2.05, 4.69) is 46.5 Å². The van der Waals surface area contributed by atoms with Gasteiger partial charge < -0.3 is 10.3 Å². The van der Waals surface area contributed by atoms with E-state index in [1.54, 1.807) is 6.33 Å². The van der Waals surface area contributed by atoms with Gasteiger partial charge in [0.25, 0.3) is 0 Å². The van der Waals surface area contributed by atoms with E-state index in [9.17, 15) is 0 Å². The van der Waals surface area contributed by atoms with Crippen molar-refractivity contribution >= 4 is 5.69 Å². The van der Waals surface area contributed by atoms with Crippen LogP contribution < -0.4 is 5.32 Å². The molecule has 1 aliphatic carbocycles. The van der Waals surface area contributed by atoms with E-state index in [1.165, 1.54) is 36.9 Å². The van der Waals surface area contributed by atoms with Crippen molar-refractivity contribution in [3.05, 3.63) is 36.8 Å². The minimum atomic E-state index is 0.656. The normalized spacial score (nSPS) is 22.6. The second-order valence-corrected chi connectivity index (χ2v) is 5.47. The van der Waals surface area contributed by atoms with Gasteiger partial charge in [-0.2, -0.15) is 0 Å².